The molecular formula is C15H9BrF3N3O2. The first-order valence-corrected chi connectivity index (χ1v) is 7.46. The Balaban J connectivity index is 2.02. The van der Waals surface area contributed by atoms with Gasteiger partial charge in [-0.2, -0.15) is 18.3 Å². The number of carboxylic acid groups (broad SMARTS) is 1. The Morgan fingerprint density at radius 3 is 2.71 bits per heavy atom. The molecule has 1 N–H and O–H groups in total. The molecule has 0 radical (unpaired) electrons. The Morgan fingerprint density at radius 2 is 2.04 bits per heavy atom. The number of carbonyl (C=O) groups is 1. The van der Waals surface area contributed by atoms with Gasteiger partial charge in [-0.1, -0.05) is 6.07 Å². The van der Waals surface area contributed by atoms with Crippen LogP contribution in [0.4, 0.5) is 13.2 Å². The van der Waals surface area contributed by atoms with Gasteiger partial charge in [0.25, 0.3) is 0 Å². The summed E-state index contributed by atoms with van der Waals surface area (Å²) in [5, 5.41) is 13.4. The Labute approximate surface area is 141 Å². The summed E-state index contributed by atoms with van der Waals surface area (Å²) >= 11 is 3.15. The van der Waals surface area contributed by atoms with E-state index in [4.69, 9.17) is 5.11 Å². The van der Waals surface area contributed by atoms with Crippen molar-refractivity contribution in [1.29, 1.82) is 0 Å². The molecule has 0 fully saturated rings. The Kier molecular flexibility index (Phi) is 4.04. The lowest BCUT2D eigenvalue weighted by Crippen LogP contribution is -2.08. The molecule has 3 rings (SSSR count). The van der Waals surface area contributed by atoms with Gasteiger partial charge in [-0.15, -0.1) is 0 Å². The van der Waals surface area contributed by atoms with Crippen molar-refractivity contribution >= 4 is 32.8 Å². The Morgan fingerprint density at radius 1 is 1.29 bits per heavy atom. The summed E-state index contributed by atoms with van der Waals surface area (Å²) in [6.07, 6.45) is -3.12. The van der Waals surface area contributed by atoms with E-state index in [1.807, 2.05) is 0 Å². The lowest BCUT2D eigenvalue weighted by Gasteiger charge is -2.09. The van der Waals surface area contributed by atoms with E-state index in [1.165, 1.54) is 16.9 Å². The van der Waals surface area contributed by atoms with Crippen molar-refractivity contribution in [3.8, 4) is 0 Å². The molecule has 2 aromatic heterocycles. The van der Waals surface area contributed by atoms with Crippen LogP contribution in [0.1, 0.15) is 21.7 Å². The fourth-order valence-electron chi connectivity index (χ4n) is 2.30. The SMILES string of the molecule is O=C(O)c1cccc(Cn2ncc3cc(C(F)(F)F)cc(Br)c32)n1. The molecule has 0 atom stereocenters. The summed E-state index contributed by atoms with van der Waals surface area (Å²) < 4.78 is 40.3. The van der Waals surface area contributed by atoms with E-state index in [9.17, 15) is 18.0 Å². The van der Waals surface area contributed by atoms with Gasteiger partial charge in [0, 0.05) is 9.86 Å². The number of alkyl halides is 3. The smallest absolute Gasteiger partial charge is 0.416 e. The molecule has 124 valence electrons. The van der Waals surface area contributed by atoms with Gasteiger partial charge in [0.15, 0.2) is 0 Å². The normalized spacial score (nSPS) is 11.8. The minimum atomic E-state index is -4.45. The molecule has 24 heavy (non-hydrogen) atoms. The van der Waals surface area contributed by atoms with Gasteiger partial charge in [0.05, 0.1) is 29.5 Å². The fraction of sp³-hybridized carbons (Fsp3) is 0.133. The number of rotatable bonds is 3. The van der Waals surface area contributed by atoms with Crippen LogP contribution in [0.3, 0.4) is 0 Å². The topological polar surface area (TPSA) is 68.0 Å². The summed E-state index contributed by atoms with van der Waals surface area (Å²) in [5.74, 6) is -1.15. The maximum Gasteiger partial charge on any atom is 0.416 e. The highest BCUT2D eigenvalue weighted by atomic mass is 79.9. The maximum atomic E-state index is 12.9. The average Bonchev–Trinajstić information content (AvgIpc) is 2.90. The van der Waals surface area contributed by atoms with Crippen molar-refractivity contribution in [2.45, 2.75) is 12.7 Å². The minimum absolute atomic E-state index is 0.109. The zero-order valence-electron chi connectivity index (χ0n) is 11.9. The van der Waals surface area contributed by atoms with E-state index >= 15 is 0 Å². The van der Waals surface area contributed by atoms with Crippen molar-refractivity contribution in [2.75, 3.05) is 0 Å². The van der Waals surface area contributed by atoms with Crippen LogP contribution in [0.15, 0.2) is 41.0 Å². The summed E-state index contributed by atoms with van der Waals surface area (Å²) in [6.45, 7) is 0.134. The number of benzene rings is 1. The first-order chi connectivity index (χ1) is 11.3. The van der Waals surface area contributed by atoms with Crippen LogP contribution in [-0.2, 0) is 12.7 Å². The van der Waals surface area contributed by atoms with Crippen LogP contribution >= 0.6 is 15.9 Å². The van der Waals surface area contributed by atoms with Crippen molar-refractivity contribution in [1.82, 2.24) is 14.8 Å². The molecule has 0 saturated heterocycles. The van der Waals surface area contributed by atoms with Crippen LogP contribution in [0.5, 0.6) is 0 Å². The van der Waals surface area contributed by atoms with E-state index < -0.39 is 17.7 Å². The number of aromatic carboxylic acids is 1. The highest BCUT2D eigenvalue weighted by molar-refractivity contribution is 9.10. The van der Waals surface area contributed by atoms with Crippen LogP contribution in [0.25, 0.3) is 10.9 Å². The number of hydrogen-bond donors (Lipinski definition) is 1. The molecule has 0 aliphatic heterocycles. The van der Waals surface area contributed by atoms with Crippen LogP contribution < -0.4 is 0 Å². The van der Waals surface area contributed by atoms with E-state index in [-0.39, 0.29) is 16.7 Å². The number of aromatic nitrogens is 3. The van der Waals surface area contributed by atoms with Crippen LogP contribution in [0, 0.1) is 0 Å². The summed E-state index contributed by atoms with van der Waals surface area (Å²) in [4.78, 5) is 14.9. The molecule has 0 saturated carbocycles. The highest BCUT2D eigenvalue weighted by Gasteiger charge is 2.31. The summed E-state index contributed by atoms with van der Waals surface area (Å²) in [6, 6.07) is 6.54. The lowest BCUT2D eigenvalue weighted by molar-refractivity contribution is -0.137. The second-order valence-corrected chi connectivity index (χ2v) is 5.87. The molecule has 1 aromatic carbocycles. The zero-order valence-corrected chi connectivity index (χ0v) is 13.5. The second-order valence-electron chi connectivity index (χ2n) is 5.02. The van der Waals surface area contributed by atoms with Gasteiger partial charge in [-0.25, -0.2) is 9.78 Å². The van der Waals surface area contributed by atoms with E-state index in [0.717, 1.165) is 12.1 Å². The second kappa shape index (κ2) is 5.90. The maximum absolute atomic E-state index is 12.9. The predicted molar refractivity (Wildman–Crippen MR) is 82.7 cm³/mol. The van der Waals surface area contributed by atoms with Crippen molar-refractivity contribution < 1.29 is 23.1 Å². The van der Waals surface area contributed by atoms with Crippen LogP contribution in [-0.4, -0.2) is 25.8 Å². The van der Waals surface area contributed by atoms with E-state index in [1.54, 1.807) is 12.1 Å². The van der Waals surface area contributed by atoms with E-state index in [0.29, 0.717) is 16.6 Å². The number of fused-ring (bicyclic) bond motifs is 1. The number of carboxylic acids is 1. The third-order valence-corrected chi connectivity index (χ3v) is 3.96. The molecule has 0 aliphatic rings. The standard InChI is InChI=1S/C15H9BrF3N3O2/c16-11-5-9(15(17,18)19)4-8-6-20-22(13(8)11)7-10-2-1-3-12(21-10)14(23)24/h1-6H,7H2,(H,23,24). The molecule has 3 aromatic rings. The number of halogens is 4. The minimum Gasteiger partial charge on any atom is -0.477 e. The average molecular weight is 400 g/mol. The third kappa shape index (κ3) is 3.12. The molecule has 2 heterocycles. The molecule has 0 bridgehead atoms. The van der Waals surface area contributed by atoms with Gasteiger partial charge in [-0.05, 0) is 40.2 Å². The number of hydrogen-bond acceptors (Lipinski definition) is 3. The molecule has 0 spiro atoms. The van der Waals surface area contributed by atoms with Gasteiger partial charge < -0.3 is 5.11 Å². The fourth-order valence-corrected chi connectivity index (χ4v) is 2.98. The largest absolute Gasteiger partial charge is 0.477 e. The molecular weight excluding hydrogens is 391 g/mol. The summed E-state index contributed by atoms with van der Waals surface area (Å²) in [5.41, 5.74) is 0.0343. The van der Waals surface area contributed by atoms with Crippen molar-refractivity contribution in [3.05, 3.63) is 58.0 Å². The predicted octanol–water partition coefficient (Wildman–Crippen LogP) is 3.96. The number of nitrogens with zero attached hydrogens (tertiary/aromatic N) is 3. The van der Waals surface area contributed by atoms with Gasteiger partial charge >= 0.3 is 12.1 Å². The monoisotopic (exact) mass is 399 g/mol. The summed E-state index contributed by atoms with van der Waals surface area (Å²) in [7, 11) is 0. The van der Waals surface area contributed by atoms with Gasteiger partial charge in [0.1, 0.15) is 5.69 Å². The Bertz CT molecular complexity index is 937. The van der Waals surface area contributed by atoms with Gasteiger partial charge in [0.2, 0.25) is 0 Å². The Hall–Kier alpha value is -2.42. The number of pyridine rings is 1. The molecule has 0 unspecified atom stereocenters. The highest BCUT2D eigenvalue weighted by Crippen LogP contribution is 2.35. The zero-order chi connectivity index (χ0) is 17.5. The first kappa shape index (κ1) is 16.4. The van der Waals surface area contributed by atoms with E-state index in [2.05, 4.69) is 26.0 Å². The quantitative estimate of drug-likeness (QED) is 0.723. The molecule has 5 nitrogen and oxygen atoms in total. The van der Waals surface area contributed by atoms with Crippen molar-refractivity contribution in [3.63, 3.8) is 0 Å². The van der Waals surface area contributed by atoms with Gasteiger partial charge in [-0.3, -0.25) is 4.68 Å². The van der Waals surface area contributed by atoms with Crippen LogP contribution in [0.2, 0.25) is 0 Å². The lowest BCUT2D eigenvalue weighted by atomic mass is 10.1. The van der Waals surface area contributed by atoms with Crippen molar-refractivity contribution in [2.24, 2.45) is 0 Å². The molecule has 0 aliphatic carbocycles. The third-order valence-electron chi connectivity index (χ3n) is 3.35. The first-order valence-electron chi connectivity index (χ1n) is 6.67. The molecule has 9 heteroatoms. The molecule has 0 amide bonds.